The number of carbonyl (C=O) groups is 4. The molecule has 11 heteroatoms. The fourth-order valence-corrected chi connectivity index (χ4v) is 3.83. The highest BCUT2D eigenvalue weighted by atomic mass is 35.5. The molecule has 0 saturated heterocycles. The van der Waals surface area contributed by atoms with Gasteiger partial charge in [0.15, 0.2) is 12.4 Å². The fourth-order valence-electron chi connectivity index (χ4n) is 3.65. The van der Waals surface area contributed by atoms with E-state index in [-0.39, 0.29) is 27.8 Å². The number of nitrogens with one attached hydrogen (secondary N) is 2. The molecule has 3 amide bonds. The zero-order chi connectivity index (χ0) is 24.7. The number of nitro groups is 1. The Labute approximate surface area is 199 Å². The molecule has 2 N–H and O–H groups in total. The molecule has 2 aromatic carbocycles. The van der Waals surface area contributed by atoms with E-state index in [2.05, 4.69) is 10.6 Å². The first-order valence-corrected chi connectivity index (χ1v) is 11.0. The molecule has 34 heavy (non-hydrogen) atoms. The minimum Gasteiger partial charge on any atom is -0.452 e. The van der Waals surface area contributed by atoms with E-state index in [0.717, 1.165) is 38.2 Å². The second-order valence-electron chi connectivity index (χ2n) is 7.73. The van der Waals surface area contributed by atoms with Gasteiger partial charge in [0.2, 0.25) is 0 Å². The molecule has 3 rings (SSSR count). The van der Waals surface area contributed by atoms with E-state index >= 15 is 0 Å². The summed E-state index contributed by atoms with van der Waals surface area (Å²) in [6, 6.07) is 8.58. The molecule has 1 aliphatic carbocycles. The standard InChI is InChI=1S/C23H22ClN3O7/c24-18-11-10-14(12-19(18)27(32)33)21(29)16-8-4-5-9-17(16)22(30)34-13-20(28)26-23(31)25-15-6-2-1-3-7-15/h4-5,8-12,15H,1-3,6-7,13H2,(H2,25,26,28,31). The summed E-state index contributed by atoms with van der Waals surface area (Å²) >= 11 is 5.79. The van der Waals surface area contributed by atoms with Crippen LogP contribution >= 0.6 is 11.6 Å². The third-order valence-electron chi connectivity index (χ3n) is 5.32. The number of nitro benzene ring substituents is 1. The van der Waals surface area contributed by atoms with Crippen LogP contribution in [0.15, 0.2) is 42.5 Å². The van der Waals surface area contributed by atoms with Gasteiger partial charge in [-0.15, -0.1) is 0 Å². The van der Waals surface area contributed by atoms with Crippen LogP contribution in [0, 0.1) is 10.1 Å². The molecule has 0 unspecified atom stereocenters. The van der Waals surface area contributed by atoms with Crippen molar-refractivity contribution >= 4 is 41.0 Å². The molecule has 0 spiro atoms. The van der Waals surface area contributed by atoms with Crippen molar-refractivity contribution in [3.05, 3.63) is 74.3 Å². The van der Waals surface area contributed by atoms with Gasteiger partial charge in [-0.05, 0) is 31.0 Å². The minimum atomic E-state index is -0.963. The van der Waals surface area contributed by atoms with Crippen molar-refractivity contribution in [1.29, 1.82) is 0 Å². The van der Waals surface area contributed by atoms with Crippen LogP contribution in [0.2, 0.25) is 5.02 Å². The summed E-state index contributed by atoms with van der Waals surface area (Å²) in [6.07, 6.45) is 4.83. The summed E-state index contributed by atoms with van der Waals surface area (Å²) < 4.78 is 4.98. The molecule has 0 bridgehead atoms. The number of ether oxygens (including phenoxy) is 1. The number of benzene rings is 2. The van der Waals surface area contributed by atoms with Crippen molar-refractivity contribution in [3.8, 4) is 0 Å². The highest BCUT2D eigenvalue weighted by molar-refractivity contribution is 6.33. The van der Waals surface area contributed by atoms with E-state index in [9.17, 15) is 29.3 Å². The maximum absolute atomic E-state index is 12.9. The predicted octanol–water partition coefficient (Wildman–Crippen LogP) is 3.79. The van der Waals surface area contributed by atoms with Crippen LogP contribution < -0.4 is 10.6 Å². The lowest BCUT2D eigenvalue weighted by Crippen LogP contribution is -2.46. The molecule has 0 atom stereocenters. The molecule has 0 heterocycles. The summed E-state index contributed by atoms with van der Waals surface area (Å²) in [5.41, 5.74) is -0.701. The van der Waals surface area contributed by atoms with Crippen LogP contribution in [0.25, 0.3) is 0 Å². The van der Waals surface area contributed by atoms with Gasteiger partial charge in [-0.1, -0.05) is 49.1 Å². The molecule has 0 aliphatic heterocycles. The lowest BCUT2D eigenvalue weighted by molar-refractivity contribution is -0.384. The molecular weight excluding hydrogens is 466 g/mol. The van der Waals surface area contributed by atoms with E-state index in [4.69, 9.17) is 16.3 Å². The van der Waals surface area contributed by atoms with Crippen LogP contribution in [-0.2, 0) is 9.53 Å². The van der Waals surface area contributed by atoms with Gasteiger partial charge in [0.05, 0.1) is 10.5 Å². The number of hydrogen-bond donors (Lipinski definition) is 2. The summed E-state index contributed by atoms with van der Waals surface area (Å²) in [5.74, 6) is -2.45. The fraction of sp³-hybridized carbons (Fsp3) is 0.304. The number of urea groups is 1. The maximum atomic E-state index is 12.9. The average molecular weight is 488 g/mol. The van der Waals surface area contributed by atoms with Crippen LogP contribution in [-0.4, -0.2) is 41.3 Å². The van der Waals surface area contributed by atoms with E-state index in [1.54, 1.807) is 0 Å². The van der Waals surface area contributed by atoms with Crippen molar-refractivity contribution in [2.45, 2.75) is 38.1 Å². The van der Waals surface area contributed by atoms with Crippen LogP contribution in [0.3, 0.4) is 0 Å². The molecule has 10 nitrogen and oxygen atoms in total. The van der Waals surface area contributed by atoms with Crippen LogP contribution in [0.4, 0.5) is 10.5 Å². The lowest BCUT2D eigenvalue weighted by atomic mass is 9.96. The van der Waals surface area contributed by atoms with E-state index in [1.807, 2.05) is 0 Å². The third-order valence-corrected chi connectivity index (χ3v) is 5.64. The van der Waals surface area contributed by atoms with Crippen molar-refractivity contribution in [2.75, 3.05) is 6.61 Å². The molecule has 0 aromatic heterocycles. The van der Waals surface area contributed by atoms with E-state index in [1.165, 1.54) is 36.4 Å². The Morgan fingerprint density at radius 2 is 1.71 bits per heavy atom. The van der Waals surface area contributed by atoms with Gasteiger partial charge in [0.1, 0.15) is 5.02 Å². The highest BCUT2D eigenvalue weighted by Crippen LogP contribution is 2.27. The molecule has 1 aliphatic rings. The topological polar surface area (TPSA) is 145 Å². The number of rotatable bonds is 7. The Balaban J connectivity index is 1.63. The van der Waals surface area contributed by atoms with Gasteiger partial charge >= 0.3 is 12.0 Å². The van der Waals surface area contributed by atoms with Gasteiger partial charge < -0.3 is 10.1 Å². The number of nitrogens with zero attached hydrogens (tertiary/aromatic N) is 1. The second-order valence-corrected chi connectivity index (χ2v) is 8.14. The van der Waals surface area contributed by atoms with Crippen molar-refractivity contribution in [1.82, 2.24) is 10.6 Å². The van der Waals surface area contributed by atoms with Gasteiger partial charge in [0, 0.05) is 23.2 Å². The van der Waals surface area contributed by atoms with Gasteiger partial charge in [-0.25, -0.2) is 9.59 Å². The second kappa shape index (κ2) is 11.4. The summed E-state index contributed by atoms with van der Waals surface area (Å²) in [6.45, 7) is -0.730. The predicted molar refractivity (Wildman–Crippen MR) is 122 cm³/mol. The monoisotopic (exact) mass is 487 g/mol. The normalized spacial score (nSPS) is 13.6. The quantitative estimate of drug-likeness (QED) is 0.261. The first-order valence-electron chi connectivity index (χ1n) is 10.6. The molecule has 1 fully saturated rings. The number of carbonyl (C=O) groups excluding carboxylic acids is 4. The Morgan fingerprint density at radius 1 is 1.03 bits per heavy atom. The highest BCUT2D eigenvalue weighted by Gasteiger charge is 2.23. The van der Waals surface area contributed by atoms with Crippen LogP contribution in [0.5, 0.6) is 0 Å². The first-order chi connectivity index (χ1) is 16.3. The molecule has 1 saturated carbocycles. The number of halogens is 1. The number of imide groups is 1. The van der Waals surface area contributed by atoms with E-state index in [0.29, 0.717) is 0 Å². The molecule has 0 radical (unpaired) electrons. The van der Waals surface area contributed by atoms with Gasteiger partial charge in [-0.2, -0.15) is 0 Å². The third kappa shape index (κ3) is 6.38. The number of hydrogen-bond acceptors (Lipinski definition) is 7. The largest absolute Gasteiger partial charge is 0.452 e. The summed E-state index contributed by atoms with van der Waals surface area (Å²) in [4.78, 5) is 59.8. The van der Waals surface area contributed by atoms with Crippen molar-refractivity contribution in [2.24, 2.45) is 0 Å². The smallest absolute Gasteiger partial charge is 0.339 e. The van der Waals surface area contributed by atoms with E-state index < -0.39 is 40.9 Å². The first kappa shape index (κ1) is 24.8. The lowest BCUT2D eigenvalue weighted by Gasteiger charge is -2.22. The number of amides is 3. The summed E-state index contributed by atoms with van der Waals surface area (Å²) in [7, 11) is 0. The SMILES string of the molecule is O=C(COC(=O)c1ccccc1C(=O)c1ccc(Cl)c([N+](=O)[O-])c1)NC(=O)NC1CCCCC1. The van der Waals surface area contributed by atoms with Crippen molar-refractivity contribution < 1.29 is 28.8 Å². The molecule has 178 valence electrons. The Morgan fingerprint density at radius 3 is 2.38 bits per heavy atom. The van der Waals surface area contributed by atoms with Crippen molar-refractivity contribution in [3.63, 3.8) is 0 Å². The zero-order valence-corrected chi connectivity index (χ0v) is 18.8. The van der Waals surface area contributed by atoms with Gasteiger partial charge in [0.25, 0.3) is 11.6 Å². The average Bonchev–Trinajstić information content (AvgIpc) is 2.82. The summed E-state index contributed by atoms with van der Waals surface area (Å²) in [5, 5.41) is 15.8. The van der Waals surface area contributed by atoms with Gasteiger partial charge in [-0.3, -0.25) is 25.0 Å². The number of ketones is 1. The Hall–Kier alpha value is -3.79. The number of esters is 1. The zero-order valence-electron chi connectivity index (χ0n) is 18.0. The Kier molecular flexibility index (Phi) is 8.31. The maximum Gasteiger partial charge on any atom is 0.339 e. The molecule has 2 aromatic rings. The molecular formula is C23H22ClN3O7. The minimum absolute atomic E-state index is 0.00526. The Bertz CT molecular complexity index is 1130. The van der Waals surface area contributed by atoms with Crippen LogP contribution in [0.1, 0.15) is 58.4 Å².